The number of hydrogen-bond acceptors (Lipinski definition) is 3. The maximum Gasteiger partial charge on any atom is 0.123 e. The molecule has 3 nitrogen and oxygen atoms in total. The van der Waals surface area contributed by atoms with E-state index in [1.807, 2.05) is 24.4 Å². The molecule has 1 aromatic heterocycles. The lowest BCUT2D eigenvalue weighted by atomic mass is 9.55. The Kier molecular flexibility index (Phi) is 3.65. The molecule has 26 heavy (non-hydrogen) atoms. The second-order valence-corrected chi connectivity index (χ2v) is 8.82. The zero-order valence-electron chi connectivity index (χ0n) is 15.4. The molecule has 5 atom stereocenters. The highest BCUT2D eigenvalue weighted by Gasteiger charge is 2.54. The van der Waals surface area contributed by atoms with E-state index in [1.54, 1.807) is 6.20 Å². The predicted molar refractivity (Wildman–Crippen MR) is 102 cm³/mol. The highest BCUT2D eigenvalue weighted by molar-refractivity contribution is 5.75. The standard InChI is InChI=1S/C23H27NO2/c1-23-11-10-16-15-6-8-20(25)22(14-3-2-12-24-13-14)18(15)5-4-17(16)19(23)7-9-21(23)26/h2-3,6,8,12-13,16-17,19,21,25-26H,4-5,7,9-11H2,1H3/t16-,17-,19+,21+,23+/m1/s1. The topological polar surface area (TPSA) is 53.4 Å². The maximum absolute atomic E-state index is 10.6. The van der Waals surface area contributed by atoms with Crippen LogP contribution in [0.5, 0.6) is 5.75 Å². The molecule has 0 aliphatic heterocycles. The number of pyridine rings is 1. The molecule has 1 aromatic carbocycles. The van der Waals surface area contributed by atoms with Crippen LogP contribution in [0.15, 0.2) is 36.7 Å². The highest BCUT2D eigenvalue weighted by atomic mass is 16.3. The van der Waals surface area contributed by atoms with Gasteiger partial charge in [0.25, 0.3) is 0 Å². The van der Waals surface area contributed by atoms with Gasteiger partial charge in [-0.2, -0.15) is 0 Å². The molecule has 3 aliphatic carbocycles. The van der Waals surface area contributed by atoms with Gasteiger partial charge in [0, 0.05) is 23.5 Å². The fraction of sp³-hybridized carbons (Fsp3) is 0.522. The molecule has 0 saturated heterocycles. The normalized spacial score (nSPS) is 35.5. The van der Waals surface area contributed by atoms with Crippen molar-refractivity contribution < 1.29 is 10.2 Å². The monoisotopic (exact) mass is 349 g/mol. The number of hydrogen-bond donors (Lipinski definition) is 2. The maximum atomic E-state index is 10.6. The summed E-state index contributed by atoms with van der Waals surface area (Å²) in [7, 11) is 0. The van der Waals surface area contributed by atoms with Crippen molar-refractivity contribution in [3.8, 4) is 16.9 Å². The lowest BCUT2D eigenvalue weighted by molar-refractivity contribution is -0.0225. The molecule has 0 bridgehead atoms. The summed E-state index contributed by atoms with van der Waals surface area (Å²) in [4.78, 5) is 4.25. The summed E-state index contributed by atoms with van der Waals surface area (Å²) < 4.78 is 0. The van der Waals surface area contributed by atoms with Gasteiger partial charge in [0.1, 0.15) is 5.75 Å². The molecule has 2 fully saturated rings. The summed E-state index contributed by atoms with van der Waals surface area (Å²) in [5.41, 5.74) is 4.86. The summed E-state index contributed by atoms with van der Waals surface area (Å²) in [5.74, 6) is 2.25. The Bertz CT molecular complexity index is 834. The number of nitrogens with zero attached hydrogens (tertiary/aromatic N) is 1. The van der Waals surface area contributed by atoms with E-state index >= 15 is 0 Å². The van der Waals surface area contributed by atoms with Gasteiger partial charge >= 0.3 is 0 Å². The van der Waals surface area contributed by atoms with Crippen molar-refractivity contribution in [2.24, 2.45) is 17.3 Å². The van der Waals surface area contributed by atoms with Crippen LogP contribution in [-0.4, -0.2) is 21.3 Å². The Balaban J connectivity index is 1.58. The van der Waals surface area contributed by atoms with Crippen LogP contribution in [0.25, 0.3) is 11.1 Å². The SMILES string of the molecule is C[C@]12CC[C@@H]3c4ccc(O)c(-c5cccnc5)c4CC[C@H]3[C@@H]1CC[C@@H]2O. The van der Waals surface area contributed by atoms with Crippen LogP contribution in [0, 0.1) is 17.3 Å². The molecule has 3 aliphatic rings. The first kappa shape index (κ1) is 16.3. The number of fused-ring (bicyclic) bond motifs is 5. The van der Waals surface area contributed by atoms with Crippen LogP contribution >= 0.6 is 0 Å². The fourth-order valence-corrected chi connectivity index (χ4v) is 6.46. The molecule has 0 unspecified atom stereocenters. The molecule has 136 valence electrons. The van der Waals surface area contributed by atoms with Crippen molar-refractivity contribution in [1.82, 2.24) is 4.98 Å². The molecule has 0 radical (unpaired) electrons. The van der Waals surface area contributed by atoms with Gasteiger partial charge in [-0.05, 0) is 85.0 Å². The van der Waals surface area contributed by atoms with Crippen molar-refractivity contribution in [2.75, 3.05) is 0 Å². The van der Waals surface area contributed by atoms with E-state index in [9.17, 15) is 10.2 Å². The number of phenols is 1. The Morgan fingerprint density at radius 1 is 1.12 bits per heavy atom. The molecule has 2 aromatic rings. The summed E-state index contributed by atoms with van der Waals surface area (Å²) >= 11 is 0. The van der Waals surface area contributed by atoms with Crippen LogP contribution in [0.4, 0.5) is 0 Å². The van der Waals surface area contributed by atoms with Crippen molar-refractivity contribution in [3.63, 3.8) is 0 Å². The summed E-state index contributed by atoms with van der Waals surface area (Å²) in [6.07, 6.45) is 10.1. The van der Waals surface area contributed by atoms with Gasteiger partial charge in [0.2, 0.25) is 0 Å². The zero-order chi connectivity index (χ0) is 17.9. The molecule has 3 heteroatoms. The predicted octanol–water partition coefficient (Wildman–Crippen LogP) is 4.67. The third kappa shape index (κ3) is 2.19. The summed E-state index contributed by atoms with van der Waals surface area (Å²) in [6, 6.07) is 8.02. The number of phenolic OH excluding ortho intramolecular Hbond substituents is 1. The third-order valence-corrected chi connectivity index (χ3v) is 7.79. The molecule has 0 amide bonds. The van der Waals surface area contributed by atoms with Gasteiger partial charge in [-0.15, -0.1) is 0 Å². The first-order valence-electron chi connectivity index (χ1n) is 10.0. The Hall–Kier alpha value is -1.87. The van der Waals surface area contributed by atoms with E-state index in [4.69, 9.17) is 0 Å². The number of rotatable bonds is 1. The summed E-state index contributed by atoms with van der Waals surface area (Å²) in [5, 5.41) is 21.1. The summed E-state index contributed by atoms with van der Waals surface area (Å²) in [6.45, 7) is 2.32. The van der Waals surface area contributed by atoms with Gasteiger partial charge in [-0.25, -0.2) is 0 Å². The van der Waals surface area contributed by atoms with Crippen molar-refractivity contribution in [2.45, 2.75) is 57.5 Å². The van der Waals surface area contributed by atoms with E-state index < -0.39 is 0 Å². The van der Waals surface area contributed by atoms with E-state index in [0.717, 1.165) is 36.8 Å². The first-order valence-corrected chi connectivity index (χ1v) is 10.0. The van der Waals surface area contributed by atoms with E-state index in [-0.39, 0.29) is 11.5 Å². The molecule has 2 N–H and O–H groups in total. The van der Waals surface area contributed by atoms with Crippen LogP contribution in [0.1, 0.15) is 56.1 Å². The highest BCUT2D eigenvalue weighted by Crippen LogP contribution is 2.61. The minimum atomic E-state index is -0.124. The zero-order valence-corrected chi connectivity index (χ0v) is 15.4. The van der Waals surface area contributed by atoms with Crippen LogP contribution in [-0.2, 0) is 6.42 Å². The third-order valence-electron chi connectivity index (χ3n) is 7.79. The van der Waals surface area contributed by atoms with E-state index in [2.05, 4.69) is 18.0 Å². The Morgan fingerprint density at radius 2 is 2.00 bits per heavy atom. The number of aliphatic hydroxyl groups excluding tert-OH is 1. The van der Waals surface area contributed by atoms with Crippen molar-refractivity contribution in [3.05, 3.63) is 47.8 Å². The largest absolute Gasteiger partial charge is 0.507 e. The number of aromatic nitrogens is 1. The van der Waals surface area contributed by atoms with Crippen molar-refractivity contribution >= 4 is 0 Å². The molecule has 2 saturated carbocycles. The number of aromatic hydroxyl groups is 1. The van der Waals surface area contributed by atoms with Crippen LogP contribution < -0.4 is 0 Å². The quantitative estimate of drug-likeness (QED) is 0.786. The number of benzene rings is 1. The molecule has 1 heterocycles. The van der Waals surface area contributed by atoms with Crippen LogP contribution in [0.2, 0.25) is 0 Å². The molecular formula is C23H27NO2. The molecular weight excluding hydrogens is 322 g/mol. The Morgan fingerprint density at radius 3 is 2.81 bits per heavy atom. The van der Waals surface area contributed by atoms with Crippen LogP contribution in [0.3, 0.4) is 0 Å². The smallest absolute Gasteiger partial charge is 0.123 e. The van der Waals surface area contributed by atoms with Gasteiger partial charge in [0.15, 0.2) is 0 Å². The lowest BCUT2D eigenvalue weighted by Crippen LogP contribution is -2.44. The van der Waals surface area contributed by atoms with E-state index in [0.29, 0.717) is 23.5 Å². The second-order valence-electron chi connectivity index (χ2n) is 8.82. The lowest BCUT2D eigenvalue weighted by Gasteiger charge is -2.50. The van der Waals surface area contributed by atoms with Crippen molar-refractivity contribution in [1.29, 1.82) is 0 Å². The average molecular weight is 349 g/mol. The average Bonchev–Trinajstić information content (AvgIpc) is 2.97. The second kappa shape index (κ2) is 5.82. The van der Waals surface area contributed by atoms with Gasteiger partial charge < -0.3 is 10.2 Å². The Labute approximate surface area is 155 Å². The minimum absolute atomic E-state index is 0.113. The first-order chi connectivity index (χ1) is 12.6. The van der Waals surface area contributed by atoms with E-state index in [1.165, 1.54) is 24.0 Å². The van der Waals surface area contributed by atoms with Gasteiger partial charge in [0.05, 0.1) is 6.10 Å². The fourth-order valence-electron chi connectivity index (χ4n) is 6.46. The van der Waals surface area contributed by atoms with Gasteiger partial charge in [-0.3, -0.25) is 4.98 Å². The number of aliphatic hydroxyl groups is 1. The van der Waals surface area contributed by atoms with Gasteiger partial charge in [-0.1, -0.05) is 19.1 Å². The molecule has 0 spiro atoms. The minimum Gasteiger partial charge on any atom is -0.507 e. The molecule has 5 rings (SSSR count).